The van der Waals surface area contributed by atoms with Crippen molar-refractivity contribution in [3.05, 3.63) is 24.3 Å². The summed E-state index contributed by atoms with van der Waals surface area (Å²) in [5.74, 6) is -0.543. The average molecular weight is 214 g/mol. The molecular weight excluding hydrogens is 196 g/mol. The molecule has 15 heavy (non-hydrogen) atoms. The van der Waals surface area contributed by atoms with E-state index in [4.69, 9.17) is 4.74 Å². The Morgan fingerprint density at radius 1 is 1.47 bits per heavy atom. The lowest BCUT2D eigenvalue weighted by atomic mass is 10.3. The van der Waals surface area contributed by atoms with E-state index >= 15 is 0 Å². The molecule has 1 atom stereocenters. The van der Waals surface area contributed by atoms with Crippen LogP contribution in [0.2, 0.25) is 0 Å². The van der Waals surface area contributed by atoms with Gasteiger partial charge in [0.2, 0.25) is 0 Å². The molecule has 86 valence electrons. The first-order chi connectivity index (χ1) is 7.06. The molecule has 0 heterocycles. The second kappa shape index (κ2) is 8.20. The Morgan fingerprint density at radius 3 is 2.67 bits per heavy atom. The van der Waals surface area contributed by atoms with Crippen LogP contribution in [-0.2, 0) is 14.3 Å². The summed E-state index contributed by atoms with van der Waals surface area (Å²) in [4.78, 5) is 10.6. The fraction of sp³-hybridized carbons (Fsp3) is 0.545. The molecule has 0 amide bonds. The van der Waals surface area contributed by atoms with Gasteiger partial charge in [0.25, 0.3) is 0 Å². The van der Waals surface area contributed by atoms with E-state index < -0.39 is 12.1 Å². The Labute approximate surface area is 90.2 Å². The average Bonchev–Trinajstić information content (AvgIpc) is 2.20. The number of rotatable bonds is 7. The van der Waals surface area contributed by atoms with E-state index in [1.807, 2.05) is 19.9 Å². The number of hydrogen-bond acceptors (Lipinski definition) is 4. The Hall–Kier alpha value is -1.13. The highest BCUT2D eigenvalue weighted by molar-refractivity contribution is 5.81. The zero-order chi connectivity index (χ0) is 11.7. The van der Waals surface area contributed by atoms with E-state index in [1.54, 1.807) is 0 Å². The minimum Gasteiger partial charge on any atom is -0.460 e. The molecule has 0 bridgehead atoms. The number of aliphatic hydroxyl groups excluding tert-OH is 1. The van der Waals surface area contributed by atoms with Gasteiger partial charge in [-0.3, -0.25) is 0 Å². The van der Waals surface area contributed by atoms with Crippen LogP contribution in [0.25, 0.3) is 0 Å². The molecule has 1 unspecified atom stereocenters. The Bertz CT molecular complexity index is 229. The van der Waals surface area contributed by atoms with Crippen molar-refractivity contribution in [2.75, 3.05) is 19.8 Å². The molecular formula is C11H18O4. The van der Waals surface area contributed by atoms with Crippen molar-refractivity contribution in [3.8, 4) is 0 Å². The van der Waals surface area contributed by atoms with Gasteiger partial charge >= 0.3 is 5.97 Å². The van der Waals surface area contributed by atoms with Crippen molar-refractivity contribution in [2.45, 2.75) is 20.0 Å². The number of allylic oxidation sites excluding steroid dienone is 1. The van der Waals surface area contributed by atoms with Gasteiger partial charge in [-0.1, -0.05) is 18.2 Å². The largest absolute Gasteiger partial charge is 0.460 e. The van der Waals surface area contributed by atoms with Crippen molar-refractivity contribution < 1.29 is 19.4 Å². The summed E-state index contributed by atoms with van der Waals surface area (Å²) in [6, 6.07) is 0. The van der Waals surface area contributed by atoms with Gasteiger partial charge in [0.1, 0.15) is 12.7 Å². The number of hydrogen-bond donors (Lipinski definition) is 1. The first-order valence-electron chi connectivity index (χ1n) is 4.74. The summed E-state index contributed by atoms with van der Waals surface area (Å²) in [6.45, 7) is 7.70. The Balaban J connectivity index is 3.49. The highest BCUT2D eigenvalue weighted by Gasteiger charge is 2.06. The Kier molecular flexibility index (Phi) is 7.58. The van der Waals surface area contributed by atoms with E-state index in [9.17, 15) is 9.90 Å². The van der Waals surface area contributed by atoms with Crippen LogP contribution in [0, 0.1) is 0 Å². The van der Waals surface area contributed by atoms with E-state index in [2.05, 4.69) is 11.3 Å². The van der Waals surface area contributed by atoms with Crippen LogP contribution in [0.15, 0.2) is 24.3 Å². The third-order valence-corrected chi connectivity index (χ3v) is 1.50. The van der Waals surface area contributed by atoms with E-state index in [-0.39, 0.29) is 13.2 Å². The second-order valence-corrected chi connectivity index (χ2v) is 3.31. The predicted octanol–water partition coefficient (Wildman–Crippen LogP) is 1.06. The van der Waals surface area contributed by atoms with Gasteiger partial charge in [0.05, 0.1) is 13.2 Å². The van der Waals surface area contributed by atoms with E-state index in [0.29, 0.717) is 6.61 Å². The lowest BCUT2D eigenvalue weighted by Gasteiger charge is -2.10. The molecule has 0 spiro atoms. The van der Waals surface area contributed by atoms with Crippen LogP contribution in [0.4, 0.5) is 0 Å². The number of carbonyl (C=O) groups excluding carboxylic acids is 1. The van der Waals surface area contributed by atoms with E-state index in [0.717, 1.165) is 11.6 Å². The smallest absolute Gasteiger partial charge is 0.330 e. The molecule has 1 N–H and O–H groups in total. The predicted molar refractivity (Wildman–Crippen MR) is 57.4 cm³/mol. The molecule has 0 rings (SSSR count). The fourth-order valence-electron chi connectivity index (χ4n) is 0.715. The van der Waals surface area contributed by atoms with Gasteiger partial charge < -0.3 is 14.6 Å². The standard InChI is InChI=1S/C11H18O4/c1-4-11(13)15-8-10(12)7-14-6-5-9(2)3/h4-5,10,12H,1,6-8H2,2-3H3. The van der Waals surface area contributed by atoms with E-state index in [1.165, 1.54) is 0 Å². The normalized spacial score (nSPS) is 11.7. The summed E-state index contributed by atoms with van der Waals surface area (Å²) in [6.07, 6.45) is 2.17. The Morgan fingerprint density at radius 2 is 2.13 bits per heavy atom. The van der Waals surface area contributed by atoms with Gasteiger partial charge in [-0.2, -0.15) is 0 Å². The number of ether oxygens (including phenoxy) is 2. The molecule has 4 nitrogen and oxygen atoms in total. The summed E-state index contributed by atoms with van der Waals surface area (Å²) in [7, 11) is 0. The SMILES string of the molecule is C=CC(=O)OCC(O)COCC=C(C)C. The fourth-order valence-corrected chi connectivity index (χ4v) is 0.715. The van der Waals surface area contributed by atoms with Gasteiger partial charge in [0, 0.05) is 6.08 Å². The maximum absolute atomic E-state index is 10.6. The van der Waals surface area contributed by atoms with Crippen LogP contribution in [-0.4, -0.2) is 37.0 Å². The zero-order valence-corrected chi connectivity index (χ0v) is 9.23. The molecule has 0 saturated heterocycles. The van der Waals surface area contributed by atoms with Crippen molar-refractivity contribution in [2.24, 2.45) is 0 Å². The number of aliphatic hydroxyl groups is 1. The molecule has 0 saturated carbocycles. The second-order valence-electron chi connectivity index (χ2n) is 3.31. The van der Waals surface area contributed by atoms with Crippen LogP contribution in [0.5, 0.6) is 0 Å². The molecule has 0 aliphatic heterocycles. The maximum atomic E-state index is 10.6. The quantitative estimate of drug-likeness (QED) is 0.298. The van der Waals surface area contributed by atoms with Gasteiger partial charge in [-0.25, -0.2) is 4.79 Å². The molecule has 0 aromatic carbocycles. The van der Waals surface area contributed by atoms with Crippen LogP contribution >= 0.6 is 0 Å². The first kappa shape index (κ1) is 13.9. The topological polar surface area (TPSA) is 55.8 Å². The van der Waals surface area contributed by atoms with Crippen LogP contribution in [0.1, 0.15) is 13.8 Å². The zero-order valence-electron chi connectivity index (χ0n) is 9.23. The molecule has 0 radical (unpaired) electrons. The van der Waals surface area contributed by atoms with Gasteiger partial charge in [0.15, 0.2) is 0 Å². The summed E-state index contributed by atoms with van der Waals surface area (Å²) in [5, 5.41) is 9.30. The highest BCUT2D eigenvalue weighted by atomic mass is 16.5. The minimum atomic E-state index is -0.792. The van der Waals surface area contributed by atoms with Crippen molar-refractivity contribution >= 4 is 5.97 Å². The van der Waals surface area contributed by atoms with Crippen LogP contribution in [0.3, 0.4) is 0 Å². The molecule has 0 aromatic rings. The lowest BCUT2D eigenvalue weighted by Crippen LogP contribution is -2.23. The lowest BCUT2D eigenvalue weighted by molar-refractivity contribution is -0.141. The molecule has 0 fully saturated rings. The first-order valence-corrected chi connectivity index (χ1v) is 4.74. The third-order valence-electron chi connectivity index (χ3n) is 1.50. The van der Waals surface area contributed by atoms with Crippen LogP contribution < -0.4 is 0 Å². The van der Waals surface area contributed by atoms with Crippen molar-refractivity contribution in [1.29, 1.82) is 0 Å². The van der Waals surface area contributed by atoms with Gasteiger partial charge in [-0.05, 0) is 13.8 Å². The highest BCUT2D eigenvalue weighted by Crippen LogP contribution is 1.92. The molecule has 0 aliphatic rings. The molecule has 0 aliphatic carbocycles. The monoisotopic (exact) mass is 214 g/mol. The third kappa shape index (κ3) is 9.18. The van der Waals surface area contributed by atoms with Gasteiger partial charge in [-0.15, -0.1) is 0 Å². The summed E-state index contributed by atoms with van der Waals surface area (Å²) < 4.78 is 9.76. The summed E-state index contributed by atoms with van der Waals surface area (Å²) >= 11 is 0. The summed E-state index contributed by atoms with van der Waals surface area (Å²) in [5.41, 5.74) is 1.16. The maximum Gasteiger partial charge on any atom is 0.330 e. The minimum absolute atomic E-state index is 0.0698. The van der Waals surface area contributed by atoms with Crippen molar-refractivity contribution in [1.82, 2.24) is 0 Å². The number of esters is 1. The number of carbonyl (C=O) groups is 1. The van der Waals surface area contributed by atoms with Crippen molar-refractivity contribution in [3.63, 3.8) is 0 Å². The molecule has 4 heteroatoms. The molecule has 0 aromatic heterocycles.